The van der Waals surface area contributed by atoms with E-state index >= 15 is 0 Å². The molecule has 0 fully saturated rings. The van der Waals surface area contributed by atoms with Crippen LogP contribution in [0.4, 0.5) is 22.0 Å². The number of halogens is 1. The van der Waals surface area contributed by atoms with Crippen molar-refractivity contribution in [1.29, 1.82) is 0 Å². The van der Waals surface area contributed by atoms with E-state index < -0.39 is 5.82 Å². The summed E-state index contributed by atoms with van der Waals surface area (Å²) in [5, 5.41) is 2.76. The predicted octanol–water partition coefficient (Wildman–Crippen LogP) is 1.65. The molecule has 1 aromatic carbocycles. The Hall–Kier alpha value is -2.44. The van der Waals surface area contributed by atoms with Crippen LogP contribution in [-0.2, 0) is 0 Å². The Morgan fingerprint density at radius 2 is 2.06 bits per heavy atom. The minimum atomic E-state index is -0.395. The lowest BCUT2D eigenvalue weighted by Gasteiger charge is -2.09. The molecule has 2 rings (SSSR count). The first kappa shape index (κ1) is 12.0. The maximum atomic E-state index is 13.6. The zero-order chi connectivity index (χ0) is 13.1. The van der Waals surface area contributed by atoms with Gasteiger partial charge < -0.3 is 15.8 Å². The average molecular weight is 249 g/mol. The lowest BCUT2D eigenvalue weighted by molar-refractivity contribution is 0.380. The van der Waals surface area contributed by atoms with Gasteiger partial charge in [0.25, 0.3) is 0 Å². The van der Waals surface area contributed by atoms with Gasteiger partial charge in [0.15, 0.2) is 0 Å². The maximum absolute atomic E-state index is 13.6. The Labute approximate surface area is 103 Å². The number of nitrogen functional groups attached to an aromatic ring is 1. The van der Waals surface area contributed by atoms with Crippen LogP contribution in [0.1, 0.15) is 5.56 Å². The van der Waals surface area contributed by atoms with Crippen molar-refractivity contribution in [3.63, 3.8) is 0 Å². The number of hydrogen-bond donors (Lipinski definition) is 2. The fraction of sp³-hybridized carbons (Fsp3) is 0.182. The van der Waals surface area contributed by atoms with Crippen LogP contribution in [0.2, 0.25) is 0 Å². The number of benzene rings is 1. The molecule has 0 aliphatic rings. The first-order valence-electron chi connectivity index (χ1n) is 5.18. The number of rotatable bonds is 3. The van der Waals surface area contributed by atoms with E-state index in [0.29, 0.717) is 5.69 Å². The monoisotopic (exact) mass is 249 g/mol. The van der Waals surface area contributed by atoms with Crippen molar-refractivity contribution < 1.29 is 9.13 Å². The van der Waals surface area contributed by atoms with Crippen molar-refractivity contribution in [2.45, 2.75) is 6.92 Å². The third-order valence-electron chi connectivity index (χ3n) is 2.27. The number of hydrogen-bond acceptors (Lipinski definition) is 6. The van der Waals surface area contributed by atoms with Crippen molar-refractivity contribution in [3.8, 4) is 6.01 Å². The van der Waals surface area contributed by atoms with Crippen LogP contribution in [0.25, 0.3) is 0 Å². The largest absolute Gasteiger partial charge is 0.467 e. The predicted molar refractivity (Wildman–Crippen MR) is 65.2 cm³/mol. The molecule has 0 saturated heterocycles. The molecule has 0 saturated carbocycles. The molecule has 18 heavy (non-hydrogen) atoms. The summed E-state index contributed by atoms with van der Waals surface area (Å²) in [6.45, 7) is 1.77. The number of aryl methyl sites for hydroxylation is 1. The van der Waals surface area contributed by atoms with E-state index in [1.54, 1.807) is 19.1 Å². The molecule has 7 heteroatoms. The number of methoxy groups -OCH3 is 1. The standard InChI is InChI=1S/C11H12FN5O/c1-6-4-3-5-7(12)8(6)14-10-15-9(13)16-11(17-10)18-2/h3-5H,1-2H3,(H3,13,14,15,16,17). The van der Waals surface area contributed by atoms with E-state index in [1.807, 2.05) is 0 Å². The van der Waals surface area contributed by atoms with Gasteiger partial charge in [-0.25, -0.2) is 4.39 Å². The molecule has 0 unspecified atom stereocenters. The summed E-state index contributed by atoms with van der Waals surface area (Å²) >= 11 is 0. The summed E-state index contributed by atoms with van der Waals surface area (Å²) in [5.41, 5.74) is 6.51. The van der Waals surface area contributed by atoms with Crippen LogP contribution in [-0.4, -0.2) is 22.1 Å². The van der Waals surface area contributed by atoms with E-state index in [1.165, 1.54) is 13.2 Å². The van der Waals surface area contributed by atoms with E-state index in [4.69, 9.17) is 10.5 Å². The SMILES string of the molecule is COc1nc(N)nc(Nc2c(C)cccc2F)n1. The Balaban J connectivity index is 2.37. The van der Waals surface area contributed by atoms with Crippen LogP contribution in [0.3, 0.4) is 0 Å². The van der Waals surface area contributed by atoms with Crippen LogP contribution in [0.5, 0.6) is 6.01 Å². The highest BCUT2D eigenvalue weighted by atomic mass is 19.1. The van der Waals surface area contributed by atoms with Gasteiger partial charge in [0.05, 0.1) is 12.8 Å². The van der Waals surface area contributed by atoms with Gasteiger partial charge in [-0.2, -0.15) is 15.0 Å². The van der Waals surface area contributed by atoms with Crippen molar-refractivity contribution in [2.24, 2.45) is 0 Å². The summed E-state index contributed by atoms with van der Waals surface area (Å²) in [7, 11) is 1.41. The Bertz CT molecular complexity index is 555. The summed E-state index contributed by atoms with van der Waals surface area (Å²) in [6.07, 6.45) is 0. The second-order valence-corrected chi connectivity index (χ2v) is 3.56. The third-order valence-corrected chi connectivity index (χ3v) is 2.27. The molecule has 0 radical (unpaired) electrons. The number of anilines is 3. The number of aromatic nitrogens is 3. The quantitative estimate of drug-likeness (QED) is 0.860. The highest BCUT2D eigenvalue weighted by molar-refractivity contribution is 5.59. The lowest BCUT2D eigenvalue weighted by Crippen LogP contribution is -2.06. The second-order valence-electron chi connectivity index (χ2n) is 3.56. The second kappa shape index (κ2) is 4.82. The number of nitrogens with two attached hydrogens (primary N) is 1. The topological polar surface area (TPSA) is 86.0 Å². The van der Waals surface area contributed by atoms with Gasteiger partial charge in [-0.05, 0) is 18.6 Å². The van der Waals surface area contributed by atoms with Crippen LogP contribution >= 0.6 is 0 Å². The molecule has 0 spiro atoms. The van der Waals surface area contributed by atoms with Gasteiger partial charge >= 0.3 is 6.01 Å². The van der Waals surface area contributed by atoms with Gasteiger partial charge in [0.1, 0.15) is 5.82 Å². The molecule has 0 aliphatic carbocycles. The maximum Gasteiger partial charge on any atom is 0.322 e. The van der Waals surface area contributed by atoms with E-state index in [-0.39, 0.29) is 17.9 Å². The van der Waals surface area contributed by atoms with Gasteiger partial charge in [0, 0.05) is 0 Å². The van der Waals surface area contributed by atoms with E-state index in [9.17, 15) is 4.39 Å². The van der Waals surface area contributed by atoms with Crippen LogP contribution in [0.15, 0.2) is 18.2 Å². The normalized spacial score (nSPS) is 10.2. The molecular formula is C11H12FN5O. The van der Waals surface area contributed by atoms with Crippen molar-refractivity contribution in [2.75, 3.05) is 18.2 Å². The minimum Gasteiger partial charge on any atom is -0.467 e. The van der Waals surface area contributed by atoms with Crippen molar-refractivity contribution >= 4 is 17.6 Å². The number of para-hydroxylation sites is 1. The van der Waals surface area contributed by atoms with Gasteiger partial charge in [-0.15, -0.1) is 0 Å². The van der Waals surface area contributed by atoms with E-state index in [0.717, 1.165) is 5.56 Å². The molecule has 94 valence electrons. The summed E-state index contributed by atoms with van der Waals surface area (Å²) < 4.78 is 18.5. The molecule has 3 N–H and O–H groups in total. The van der Waals surface area contributed by atoms with E-state index in [2.05, 4.69) is 20.3 Å². The Morgan fingerprint density at radius 1 is 1.28 bits per heavy atom. The summed E-state index contributed by atoms with van der Waals surface area (Å²) in [5.74, 6) is -0.265. The van der Waals surface area contributed by atoms with Crippen LogP contribution in [0, 0.1) is 12.7 Å². The molecular weight excluding hydrogens is 237 g/mol. The van der Waals surface area contributed by atoms with Gasteiger partial charge in [-0.3, -0.25) is 0 Å². The molecule has 6 nitrogen and oxygen atoms in total. The first-order valence-corrected chi connectivity index (χ1v) is 5.18. The molecule has 0 aliphatic heterocycles. The first-order chi connectivity index (χ1) is 8.60. The summed E-state index contributed by atoms with van der Waals surface area (Å²) in [4.78, 5) is 11.5. The molecule has 1 heterocycles. The number of ether oxygens (including phenoxy) is 1. The van der Waals surface area contributed by atoms with Crippen molar-refractivity contribution in [1.82, 2.24) is 15.0 Å². The molecule has 1 aromatic heterocycles. The Kier molecular flexibility index (Phi) is 3.22. The number of nitrogens with zero attached hydrogens (tertiary/aromatic N) is 3. The van der Waals surface area contributed by atoms with Crippen LogP contribution < -0.4 is 15.8 Å². The highest BCUT2D eigenvalue weighted by Gasteiger charge is 2.09. The lowest BCUT2D eigenvalue weighted by atomic mass is 10.2. The Morgan fingerprint density at radius 3 is 2.72 bits per heavy atom. The third kappa shape index (κ3) is 2.45. The number of nitrogens with one attached hydrogen (secondary N) is 1. The summed E-state index contributed by atoms with van der Waals surface area (Å²) in [6, 6.07) is 4.81. The minimum absolute atomic E-state index is 0.00153. The average Bonchev–Trinajstić information content (AvgIpc) is 2.33. The zero-order valence-electron chi connectivity index (χ0n) is 9.94. The molecule has 0 amide bonds. The fourth-order valence-corrected chi connectivity index (χ4v) is 1.42. The fourth-order valence-electron chi connectivity index (χ4n) is 1.42. The zero-order valence-corrected chi connectivity index (χ0v) is 9.94. The van der Waals surface area contributed by atoms with Crippen molar-refractivity contribution in [3.05, 3.63) is 29.6 Å². The highest BCUT2D eigenvalue weighted by Crippen LogP contribution is 2.22. The smallest absolute Gasteiger partial charge is 0.322 e. The molecule has 0 bridgehead atoms. The molecule has 0 atom stereocenters. The molecule has 2 aromatic rings. The van der Waals surface area contributed by atoms with Gasteiger partial charge in [-0.1, -0.05) is 12.1 Å². The van der Waals surface area contributed by atoms with Gasteiger partial charge in [0.2, 0.25) is 11.9 Å².